The number of amides is 1. The number of nitrogens with one attached hydrogen (secondary N) is 3. The summed E-state index contributed by atoms with van der Waals surface area (Å²) in [4.78, 5) is 17.8. The first-order chi connectivity index (χ1) is 12.9. The zero-order chi connectivity index (χ0) is 19.8. The van der Waals surface area contributed by atoms with Crippen molar-refractivity contribution in [2.75, 3.05) is 40.3 Å². The van der Waals surface area contributed by atoms with Gasteiger partial charge in [0, 0.05) is 31.1 Å². The molecule has 1 amide bonds. The highest BCUT2D eigenvalue weighted by Gasteiger charge is 2.29. The number of guanidine groups is 1. The number of carbonyl (C=O) groups excluding carboxylic acids is 1. The molecule has 0 radical (unpaired) electrons. The van der Waals surface area contributed by atoms with Crippen molar-refractivity contribution in [2.24, 2.45) is 10.9 Å². The summed E-state index contributed by atoms with van der Waals surface area (Å²) in [6.45, 7) is 3.80. The lowest BCUT2D eigenvalue weighted by atomic mass is 10.0. The Morgan fingerprint density at radius 2 is 1.79 bits per heavy atom. The van der Waals surface area contributed by atoms with E-state index in [2.05, 4.69) is 20.9 Å². The van der Waals surface area contributed by atoms with Gasteiger partial charge in [-0.15, -0.1) is 24.0 Å². The normalized spacial score (nSPS) is 15.0. The average molecular weight is 509 g/mol. The Morgan fingerprint density at radius 1 is 1.18 bits per heavy atom. The lowest BCUT2D eigenvalue weighted by Crippen LogP contribution is -2.42. The van der Waals surface area contributed by atoms with Crippen molar-refractivity contribution in [2.45, 2.75) is 25.8 Å². The van der Waals surface area contributed by atoms with Crippen molar-refractivity contribution in [1.29, 1.82) is 0 Å². The number of carbonyl (C=O) groups is 1. The monoisotopic (exact) mass is 509 g/mol. The van der Waals surface area contributed by atoms with Gasteiger partial charge in [-0.3, -0.25) is 9.79 Å². The van der Waals surface area contributed by atoms with E-state index in [0.717, 1.165) is 12.8 Å². The zero-order valence-corrected chi connectivity index (χ0v) is 18.9. The van der Waals surface area contributed by atoms with Crippen LogP contribution < -0.4 is 16.0 Å². The molecule has 28 heavy (non-hydrogen) atoms. The standard InChI is InChI=1S/C19H29F2N5O.HI/c1-4-22-19(24-11-10-23-18(27)13-8-9-13)25-12-16(26(2)3)17-14(20)6-5-7-15(17)21;/h5-7,13,16H,4,8-12H2,1-3H3,(H,23,27)(H2,22,24,25);1H. The van der Waals surface area contributed by atoms with Gasteiger partial charge in [-0.2, -0.15) is 0 Å². The first-order valence-corrected chi connectivity index (χ1v) is 9.34. The van der Waals surface area contributed by atoms with E-state index in [1.165, 1.54) is 18.2 Å². The van der Waals surface area contributed by atoms with E-state index in [1.54, 1.807) is 19.0 Å². The Kier molecular flexibility index (Phi) is 10.7. The molecule has 9 heteroatoms. The lowest BCUT2D eigenvalue weighted by Gasteiger charge is -2.24. The van der Waals surface area contributed by atoms with Crippen LogP contribution in [0.4, 0.5) is 8.78 Å². The smallest absolute Gasteiger partial charge is 0.223 e. The molecule has 0 spiro atoms. The molecule has 1 aliphatic carbocycles. The van der Waals surface area contributed by atoms with Crippen LogP contribution in [0.2, 0.25) is 0 Å². The van der Waals surface area contributed by atoms with Gasteiger partial charge in [0.25, 0.3) is 0 Å². The van der Waals surface area contributed by atoms with E-state index in [4.69, 9.17) is 0 Å². The van der Waals surface area contributed by atoms with Gasteiger partial charge in [-0.1, -0.05) is 6.07 Å². The number of rotatable bonds is 9. The van der Waals surface area contributed by atoms with Crippen LogP contribution in [0.3, 0.4) is 0 Å². The first kappa shape index (κ1) is 24.5. The molecule has 3 N–H and O–H groups in total. The largest absolute Gasteiger partial charge is 0.357 e. The average Bonchev–Trinajstić information content (AvgIpc) is 3.45. The van der Waals surface area contributed by atoms with Crippen molar-refractivity contribution in [3.8, 4) is 0 Å². The molecule has 1 aliphatic rings. The Hall–Kier alpha value is -1.49. The highest BCUT2D eigenvalue weighted by atomic mass is 127. The molecule has 1 unspecified atom stereocenters. The molecule has 0 aromatic heterocycles. The quantitative estimate of drug-likeness (QED) is 0.207. The maximum atomic E-state index is 14.1. The third kappa shape index (κ3) is 7.50. The number of aliphatic imine (C=N–C) groups is 1. The van der Waals surface area contributed by atoms with Gasteiger partial charge in [0.05, 0.1) is 12.6 Å². The second kappa shape index (κ2) is 12.2. The summed E-state index contributed by atoms with van der Waals surface area (Å²) in [6.07, 6.45) is 1.95. The van der Waals surface area contributed by atoms with Crippen LogP contribution in [0.15, 0.2) is 23.2 Å². The Bertz CT molecular complexity index is 647. The van der Waals surface area contributed by atoms with Crippen molar-refractivity contribution >= 4 is 35.8 Å². The van der Waals surface area contributed by atoms with Gasteiger partial charge in [0.2, 0.25) is 5.91 Å². The summed E-state index contributed by atoms with van der Waals surface area (Å²) >= 11 is 0. The highest BCUT2D eigenvalue weighted by Crippen LogP contribution is 2.28. The molecule has 158 valence electrons. The second-order valence-electron chi connectivity index (χ2n) is 6.83. The van der Waals surface area contributed by atoms with Crippen molar-refractivity contribution in [1.82, 2.24) is 20.9 Å². The van der Waals surface area contributed by atoms with Crippen molar-refractivity contribution < 1.29 is 13.6 Å². The number of nitrogens with zero attached hydrogens (tertiary/aromatic N) is 2. The van der Waals surface area contributed by atoms with Gasteiger partial charge in [-0.25, -0.2) is 8.78 Å². The van der Waals surface area contributed by atoms with E-state index >= 15 is 0 Å². The SMILES string of the molecule is CCNC(=NCC(c1c(F)cccc1F)N(C)C)NCCNC(=O)C1CC1.I. The summed E-state index contributed by atoms with van der Waals surface area (Å²) in [6, 6.07) is 3.33. The predicted molar refractivity (Wildman–Crippen MR) is 118 cm³/mol. The summed E-state index contributed by atoms with van der Waals surface area (Å²) in [5.74, 6) is -0.332. The number of benzene rings is 1. The minimum atomic E-state index is -0.579. The molecule has 0 bridgehead atoms. The van der Waals surface area contributed by atoms with Gasteiger partial charge < -0.3 is 20.9 Å². The molecule has 1 atom stereocenters. The fourth-order valence-corrected chi connectivity index (χ4v) is 2.72. The minimum Gasteiger partial charge on any atom is -0.357 e. The van der Waals surface area contributed by atoms with Crippen LogP contribution in [0.5, 0.6) is 0 Å². The third-order valence-corrected chi connectivity index (χ3v) is 4.39. The van der Waals surface area contributed by atoms with E-state index < -0.39 is 17.7 Å². The maximum Gasteiger partial charge on any atom is 0.223 e. The summed E-state index contributed by atoms with van der Waals surface area (Å²) < 4.78 is 28.3. The Balaban J connectivity index is 0.00000392. The Morgan fingerprint density at radius 3 is 2.32 bits per heavy atom. The fourth-order valence-electron chi connectivity index (χ4n) is 2.72. The zero-order valence-electron chi connectivity index (χ0n) is 16.6. The minimum absolute atomic E-state index is 0. The summed E-state index contributed by atoms with van der Waals surface area (Å²) in [5, 5.41) is 9.10. The molecule has 0 saturated heterocycles. The Labute approximate surface area is 182 Å². The lowest BCUT2D eigenvalue weighted by molar-refractivity contribution is -0.122. The predicted octanol–water partition coefficient (Wildman–Crippen LogP) is 2.27. The van der Waals surface area contributed by atoms with Crippen molar-refractivity contribution in [3.63, 3.8) is 0 Å². The van der Waals surface area contributed by atoms with E-state index in [1.807, 2.05) is 6.92 Å². The number of likely N-dealkylation sites (N-methyl/N-ethyl adjacent to an activating group) is 1. The number of halogens is 3. The van der Waals surface area contributed by atoms with Crippen LogP contribution in [0.25, 0.3) is 0 Å². The molecule has 2 rings (SSSR count). The van der Waals surface area contributed by atoms with Crippen LogP contribution in [-0.4, -0.2) is 57.0 Å². The van der Waals surface area contributed by atoms with Crippen LogP contribution in [0, 0.1) is 17.6 Å². The van der Waals surface area contributed by atoms with Crippen LogP contribution >= 0.6 is 24.0 Å². The molecular formula is C19H30F2IN5O. The van der Waals surface area contributed by atoms with Gasteiger partial charge >= 0.3 is 0 Å². The summed E-state index contributed by atoms with van der Waals surface area (Å²) in [7, 11) is 3.53. The molecule has 1 saturated carbocycles. The molecule has 0 aliphatic heterocycles. The molecular weight excluding hydrogens is 479 g/mol. The molecule has 1 aromatic carbocycles. The number of hydrogen-bond donors (Lipinski definition) is 3. The van der Waals surface area contributed by atoms with Crippen LogP contribution in [-0.2, 0) is 4.79 Å². The first-order valence-electron chi connectivity index (χ1n) is 9.34. The van der Waals surface area contributed by atoms with Gasteiger partial charge in [0.15, 0.2) is 5.96 Å². The van der Waals surface area contributed by atoms with Gasteiger partial charge in [0.1, 0.15) is 11.6 Å². The second-order valence-corrected chi connectivity index (χ2v) is 6.83. The van der Waals surface area contributed by atoms with E-state index in [0.29, 0.717) is 25.6 Å². The maximum absolute atomic E-state index is 14.1. The van der Waals surface area contributed by atoms with Gasteiger partial charge in [-0.05, 0) is 46.0 Å². The fraction of sp³-hybridized carbons (Fsp3) is 0.579. The summed E-state index contributed by atoms with van der Waals surface area (Å²) in [5.41, 5.74) is 0.0128. The molecule has 6 nitrogen and oxygen atoms in total. The third-order valence-electron chi connectivity index (χ3n) is 4.39. The number of hydrogen-bond acceptors (Lipinski definition) is 3. The molecule has 1 aromatic rings. The van der Waals surface area contributed by atoms with E-state index in [-0.39, 0.29) is 47.9 Å². The van der Waals surface area contributed by atoms with Crippen LogP contribution in [0.1, 0.15) is 31.4 Å². The highest BCUT2D eigenvalue weighted by molar-refractivity contribution is 14.0. The van der Waals surface area contributed by atoms with E-state index in [9.17, 15) is 13.6 Å². The molecule has 1 fully saturated rings. The topological polar surface area (TPSA) is 68.8 Å². The van der Waals surface area contributed by atoms with Crippen molar-refractivity contribution in [3.05, 3.63) is 35.4 Å². The molecule has 0 heterocycles.